The zero-order valence-corrected chi connectivity index (χ0v) is 8.26. The first-order valence-corrected chi connectivity index (χ1v) is 4.34. The van der Waals surface area contributed by atoms with Gasteiger partial charge in [-0.2, -0.15) is 4.98 Å². The molecule has 0 aliphatic carbocycles. The molecular weight excluding hydrogens is 214 g/mol. The third kappa shape index (κ3) is 1.58. The largest absolute Gasteiger partial charge is 0.468 e. The van der Waals surface area contributed by atoms with Gasteiger partial charge in [-0.25, -0.2) is 0 Å². The number of nitro benzene ring substituents is 1. The minimum atomic E-state index is -0.566. The van der Waals surface area contributed by atoms with Gasteiger partial charge in [0.05, 0.1) is 22.9 Å². The fourth-order valence-corrected chi connectivity index (χ4v) is 1.32. The van der Waals surface area contributed by atoms with Gasteiger partial charge < -0.3 is 4.74 Å². The predicted octanol–water partition coefficient (Wildman–Crippen LogP) is 0.840. The second-order valence-electron chi connectivity index (χ2n) is 3.03. The highest BCUT2D eigenvalue weighted by Gasteiger charge is 2.10. The molecule has 1 heterocycles. The first-order valence-electron chi connectivity index (χ1n) is 4.34. The van der Waals surface area contributed by atoms with Crippen LogP contribution >= 0.6 is 0 Å². The van der Waals surface area contributed by atoms with Gasteiger partial charge in [-0.15, -0.1) is 0 Å². The van der Waals surface area contributed by atoms with Gasteiger partial charge in [-0.1, -0.05) is 0 Å². The summed E-state index contributed by atoms with van der Waals surface area (Å²) in [4.78, 5) is 27.8. The highest BCUT2D eigenvalue weighted by molar-refractivity contribution is 5.80. The molecule has 7 nitrogen and oxygen atoms in total. The van der Waals surface area contributed by atoms with E-state index in [9.17, 15) is 14.9 Å². The second-order valence-corrected chi connectivity index (χ2v) is 3.03. The van der Waals surface area contributed by atoms with Crippen molar-refractivity contribution >= 4 is 16.6 Å². The molecule has 1 aromatic carbocycles. The Balaban J connectivity index is 2.75. The van der Waals surface area contributed by atoms with Gasteiger partial charge in [-0.3, -0.25) is 19.9 Å². The van der Waals surface area contributed by atoms with Crippen LogP contribution in [0, 0.1) is 10.1 Å². The molecule has 0 bridgehead atoms. The van der Waals surface area contributed by atoms with E-state index in [0.29, 0.717) is 5.52 Å². The van der Waals surface area contributed by atoms with Crippen molar-refractivity contribution in [2.24, 2.45) is 0 Å². The molecule has 1 aromatic heterocycles. The Labute approximate surface area is 88.8 Å². The molecule has 82 valence electrons. The maximum Gasteiger partial charge on any atom is 0.296 e. The molecule has 0 radical (unpaired) electrons. The van der Waals surface area contributed by atoms with Crippen LogP contribution in [0.5, 0.6) is 6.01 Å². The standard InChI is InChI=1S/C9H7N3O4/c1-16-9-10-7-3-2-5(12(14)15)4-6(7)8(13)11-9/h2-4H,1H3,(H,10,11,13). The highest BCUT2D eigenvalue weighted by Crippen LogP contribution is 2.17. The lowest BCUT2D eigenvalue weighted by Crippen LogP contribution is -2.09. The van der Waals surface area contributed by atoms with E-state index in [4.69, 9.17) is 4.74 Å². The third-order valence-electron chi connectivity index (χ3n) is 2.07. The number of nitrogens with one attached hydrogen (secondary N) is 1. The van der Waals surface area contributed by atoms with Crippen molar-refractivity contribution in [3.63, 3.8) is 0 Å². The van der Waals surface area contributed by atoms with Crippen molar-refractivity contribution in [3.8, 4) is 6.01 Å². The van der Waals surface area contributed by atoms with Crippen LogP contribution in [0.2, 0.25) is 0 Å². The predicted molar refractivity (Wildman–Crippen MR) is 55.6 cm³/mol. The number of aromatic nitrogens is 2. The molecule has 0 saturated heterocycles. The van der Waals surface area contributed by atoms with Gasteiger partial charge >= 0.3 is 0 Å². The van der Waals surface area contributed by atoms with Crippen LogP contribution in [-0.2, 0) is 0 Å². The molecule has 2 aromatic rings. The molecular formula is C9H7N3O4. The zero-order valence-electron chi connectivity index (χ0n) is 8.26. The van der Waals surface area contributed by atoms with Crippen LogP contribution in [0.4, 0.5) is 5.69 Å². The summed E-state index contributed by atoms with van der Waals surface area (Å²) in [5.41, 5.74) is -0.262. The number of nitrogens with zero attached hydrogens (tertiary/aromatic N) is 2. The Morgan fingerprint density at radius 3 is 2.88 bits per heavy atom. The Kier molecular flexibility index (Phi) is 2.28. The summed E-state index contributed by atoms with van der Waals surface area (Å²) in [7, 11) is 1.37. The molecule has 0 fully saturated rings. The number of benzene rings is 1. The van der Waals surface area contributed by atoms with Gasteiger partial charge in [-0.05, 0) is 6.07 Å². The Morgan fingerprint density at radius 2 is 2.25 bits per heavy atom. The summed E-state index contributed by atoms with van der Waals surface area (Å²) >= 11 is 0. The van der Waals surface area contributed by atoms with Crippen LogP contribution in [0.15, 0.2) is 23.0 Å². The highest BCUT2D eigenvalue weighted by atomic mass is 16.6. The quantitative estimate of drug-likeness (QED) is 0.598. The Morgan fingerprint density at radius 1 is 1.50 bits per heavy atom. The zero-order chi connectivity index (χ0) is 11.7. The average molecular weight is 221 g/mol. The lowest BCUT2D eigenvalue weighted by Gasteiger charge is -2.00. The molecule has 1 N–H and O–H groups in total. The number of nitro groups is 1. The number of ether oxygens (including phenoxy) is 1. The maximum absolute atomic E-state index is 11.5. The van der Waals surface area contributed by atoms with Crippen molar-refractivity contribution in [1.29, 1.82) is 0 Å². The van der Waals surface area contributed by atoms with Crippen molar-refractivity contribution in [1.82, 2.24) is 9.97 Å². The van der Waals surface area contributed by atoms with Crippen LogP contribution < -0.4 is 10.3 Å². The third-order valence-corrected chi connectivity index (χ3v) is 2.07. The smallest absolute Gasteiger partial charge is 0.296 e. The van der Waals surface area contributed by atoms with E-state index >= 15 is 0 Å². The van der Waals surface area contributed by atoms with E-state index in [-0.39, 0.29) is 17.1 Å². The number of aromatic amines is 1. The summed E-state index contributed by atoms with van der Waals surface area (Å²) < 4.78 is 4.78. The number of hydrogen-bond donors (Lipinski definition) is 1. The van der Waals surface area contributed by atoms with E-state index in [1.807, 2.05) is 0 Å². The number of methoxy groups -OCH3 is 1. The number of fused-ring (bicyclic) bond motifs is 1. The van der Waals surface area contributed by atoms with E-state index in [1.54, 1.807) is 0 Å². The average Bonchev–Trinajstić information content (AvgIpc) is 2.28. The lowest BCUT2D eigenvalue weighted by atomic mass is 10.2. The Bertz CT molecular complexity index is 620. The molecule has 7 heteroatoms. The minimum Gasteiger partial charge on any atom is -0.468 e. The van der Waals surface area contributed by atoms with Gasteiger partial charge in [0.25, 0.3) is 17.3 Å². The molecule has 0 aliphatic rings. The van der Waals surface area contributed by atoms with Crippen molar-refractivity contribution in [2.75, 3.05) is 7.11 Å². The number of non-ortho nitro benzene ring substituents is 1. The molecule has 0 atom stereocenters. The summed E-state index contributed by atoms with van der Waals surface area (Å²) in [6, 6.07) is 3.95. The molecule has 0 aliphatic heterocycles. The van der Waals surface area contributed by atoms with Gasteiger partial charge in [0, 0.05) is 12.1 Å². The van der Waals surface area contributed by atoms with Crippen LogP contribution in [0.25, 0.3) is 10.9 Å². The van der Waals surface area contributed by atoms with Gasteiger partial charge in [0.2, 0.25) is 0 Å². The summed E-state index contributed by atoms with van der Waals surface area (Å²) in [6.45, 7) is 0. The molecule has 0 saturated carbocycles. The van der Waals surface area contributed by atoms with Gasteiger partial charge in [0.1, 0.15) is 0 Å². The summed E-state index contributed by atoms with van der Waals surface area (Å²) in [6.07, 6.45) is 0. The van der Waals surface area contributed by atoms with Gasteiger partial charge in [0.15, 0.2) is 0 Å². The lowest BCUT2D eigenvalue weighted by molar-refractivity contribution is -0.384. The normalized spacial score (nSPS) is 10.3. The van der Waals surface area contributed by atoms with Crippen molar-refractivity contribution in [2.45, 2.75) is 0 Å². The minimum absolute atomic E-state index is 0.0753. The maximum atomic E-state index is 11.5. The molecule has 0 spiro atoms. The fourth-order valence-electron chi connectivity index (χ4n) is 1.32. The van der Waals surface area contributed by atoms with Crippen LogP contribution in [0.3, 0.4) is 0 Å². The molecule has 2 rings (SSSR count). The van der Waals surface area contributed by atoms with E-state index < -0.39 is 10.5 Å². The van der Waals surface area contributed by atoms with Crippen molar-refractivity contribution < 1.29 is 9.66 Å². The molecule has 0 amide bonds. The van der Waals surface area contributed by atoms with E-state index in [0.717, 1.165) is 0 Å². The topological polar surface area (TPSA) is 98.1 Å². The number of H-pyrrole nitrogens is 1. The summed E-state index contributed by atoms with van der Waals surface area (Å²) in [5.74, 6) is 0. The van der Waals surface area contributed by atoms with E-state index in [2.05, 4.69) is 9.97 Å². The van der Waals surface area contributed by atoms with Crippen LogP contribution in [0.1, 0.15) is 0 Å². The molecule has 16 heavy (non-hydrogen) atoms. The van der Waals surface area contributed by atoms with Crippen LogP contribution in [-0.4, -0.2) is 22.0 Å². The molecule has 0 unspecified atom stereocenters. The number of hydrogen-bond acceptors (Lipinski definition) is 5. The van der Waals surface area contributed by atoms with E-state index in [1.165, 1.54) is 25.3 Å². The first kappa shape index (κ1) is 10.1. The second kappa shape index (κ2) is 3.61. The fraction of sp³-hybridized carbons (Fsp3) is 0.111. The number of rotatable bonds is 2. The monoisotopic (exact) mass is 221 g/mol. The Hall–Kier alpha value is -2.44. The summed E-state index contributed by atoms with van der Waals surface area (Å²) in [5, 5.41) is 10.7. The van der Waals surface area contributed by atoms with Crippen molar-refractivity contribution in [3.05, 3.63) is 38.7 Å². The first-order chi connectivity index (χ1) is 7.61. The SMILES string of the molecule is COc1nc2ccc([N+](=O)[O-])cc2c(=O)[nH]1.